The van der Waals surface area contributed by atoms with Crippen molar-refractivity contribution >= 4 is 38.9 Å². The summed E-state index contributed by atoms with van der Waals surface area (Å²) >= 11 is 0. The van der Waals surface area contributed by atoms with Gasteiger partial charge >= 0.3 is 0 Å². The number of alkyl halides is 3. The molecule has 0 amide bonds. The predicted molar refractivity (Wildman–Crippen MR) is 164 cm³/mol. The van der Waals surface area contributed by atoms with Gasteiger partial charge in [0.1, 0.15) is 23.4 Å². The van der Waals surface area contributed by atoms with Gasteiger partial charge in [-0.05, 0) is 48.6 Å². The first-order valence-corrected chi connectivity index (χ1v) is 14.3. The molecular formula is C32H35F4N5O4. The van der Waals surface area contributed by atoms with E-state index >= 15 is 0 Å². The van der Waals surface area contributed by atoms with Crippen molar-refractivity contribution in [3.8, 4) is 18.9 Å². The van der Waals surface area contributed by atoms with Gasteiger partial charge in [-0.1, -0.05) is 24.3 Å². The predicted octanol–water partition coefficient (Wildman–Crippen LogP) is 7.15. The smallest absolute Gasteiger partial charge is 0.297 e. The second-order valence-corrected chi connectivity index (χ2v) is 10.4. The lowest BCUT2D eigenvalue weighted by atomic mass is 10.2. The Morgan fingerprint density at radius 3 is 2.40 bits per heavy atom. The molecule has 7 rings (SSSR count). The van der Waals surface area contributed by atoms with Crippen molar-refractivity contribution in [1.82, 2.24) is 19.5 Å². The number of aromatic nitrogens is 4. The van der Waals surface area contributed by atoms with Crippen molar-refractivity contribution in [2.45, 2.75) is 50.9 Å². The molecule has 5 heterocycles. The van der Waals surface area contributed by atoms with E-state index in [1.165, 1.54) is 0 Å². The van der Waals surface area contributed by atoms with Crippen LogP contribution in [0.3, 0.4) is 0 Å². The minimum atomic E-state index is -2.79. The van der Waals surface area contributed by atoms with Crippen LogP contribution < -0.4 is 9.64 Å². The zero-order valence-corrected chi connectivity index (χ0v) is 25.2. The van der Waals surface area contributed by atoms with Crippen LogP contribution in [0.1, 0.15) is 38.4 Å². The summed E-state index contributed by atoms with van der Waals surface area (Å²) in [6.07, 6.45) is 6.63. The highest BCUT2D eigenvalue weighted by Gasteiger charge is 2.35. The number of halogens is 4. The van der Waals surface area contributed by atoms with Crippen LogP contribution in [0.4, 0.5) is 23.5 Å². The molecule has 45 heavy (non-hydrogen) atoms. The lowest BCUT2D eigenvalue weighted by molar-refractivity contribution is -0.0960. The average molecular weight is 630 g/mol. The van der Waals surface area contributed by atoms with Crippen molar-refractivity contribution in [3.63, 3.8) is 0 Å². The lowest BCUT2D eigenvalue weighted by Gasteiger charge is -2.22. The minimum absolute atomic E-state index is 0.00141. The number of aryl methyl sites for hydroxylation is 1. The van der Waals surface area contributed by atoms with Crippen LogP contribution in [0.15, 0.2) is 52.9 Å². The molecule has 0 N–H and O–H groups in total. The number of hydrogen-bond acceptors (Lipinski definition) is 8. The van der Waals surface area contributed by atoms with E-state index in [0.29, 0.717) is 59.9 Å². The summed E-state index contributed by atoms with van der Waals surface area (Å²) in [7, 11) is 2.87. The molecule has 240 valence electrons. The third kappa shape index (κ3) is 7.64. The Hall–Kier alpha value is -4.41. The topological polar surface area (TPSA) is 87.7 Å². The van der Waals surface area contributed by atoms with Crippen LogP contribution >= 0.6 is 0 Å². The first-order valence-electron chi connectivity index (χ1n) is 14.3. The molecule has 0 radical (unpaired) electrons. The monoisotopic (exact) mass is 629 g/mol. The van der Waals surface area contributed by atoms with E-state index < -0.39 is 18.4 Å². The Balaban J connectivity index is 0.000000328. The van der Waals surface area contributed by atoms with E-state index in [-0.39, 0.29) is 12.1 Å². The van der Waals surface area contributed by atoms with Crippen molar-refractivity contribution in [2.24, 2.45) is 7.05 Å². The molecule has 2 aliphatic rings. The quantitative estimate of drug-likeness (QED) is 0.153. The average Bonchev–Trinajstić information content (AvgIpc) is 3.71. The molecule has 5 aromatic rings. The fraction of sp³-hybridized carbons (Fsp3) is 0.406. The molecule has 2 saturated heterocycles. The summed E-state index contributed by atoms with van der Waals surface area (Å²) in [4.78, 5) is 17.6. The molecule has 3 atom stereocenters. The summed E-state index contributed by atoms with van der Waals surface area (Å²) in [5, 5.41) is 0.692. The van der Waals surface area contributed by atoms with Crippen molar-refractivity contribution < 1.29 is 36.5 Å². The fourth-order valence-electron chi connectivity index (χ4n) is 5.33. The fourth-order valence-corrected chi connectivity index (χ4v) is 5.33. The highest BCUT2D eigenvalue weighted by Crippen LogP contribution is 2.37. The van der Waals surface area contributed by atoms with Gasteiger partial charge in [-0.2, -0.15) is 9.93 Å². The van der Waals surface area contributed by atoms with Gasteiger partial charge < -0.3 is 18.8 Å². The zero-order valence-electron chi connectivity index (χ0n) is 25.2. The van der Waals surface area contributed by atoms with Crippen LogP contribution in [0.25, 0.3) is 33.1 Å². The van der Waals surface area contributed by atoms with E-state index in [1.807, 2.05) is 65.9 Å². The number of anilines is 1. The number of hydrogen-bond donors (Lipinski definition) is 0. The number of terminal acetylenes is 1. The Bertz CT molecular complexity index is 1700. The number of para-hydroxylation sites is 3. The van der Waals surface area contributed by atoms with Gasteiger partial charge in [-0.3, -0.25) is 4.57 Å². The number of fused-ring (bicyclic) bond motifs is 4. The van der Waals surface area contributed by atoms with Crippen molar-refractivity contribution in [1.29, 1.82) is 0 Å². The third-order valence-corrected chi connectivity index (χ3v) is 7.35. The van der Waals surface area contributed by atoms with Crippen molar-refractivity contribution in [2.75, 3.05) is 31.8 Å². The van der Waals surface area contributed by atoms with E-state index in [1.54, 1.807) is 6.07 Å². The van der Waals surface area contributed by atoms with E-state index in [4.69, 9.17) is 13.9 Å². The molecule has 9 nitrogen and oxygen atoms in total. The first kappa shape index (κ1) is 33.5. The number of benzene rings is 2. The number of ether oxygens (including phenoxy) is 2. The lowest BCUT2D eigenvalue weighted by Crippen LogP contribution is -2.30. The molecule has 2 aliphatic heterocycles. The standard InChI is InChI=1S/C24H21F2N5O2.C5H9FO.C2H2.CH3FO/c1-13-11-14(32-24-27-16-8-4-5-9-17(16)30(24)2)12-31(13)23-20-19(28-22(29-23)21(25)26)15-7-3-6-10-18(15)33-20;6-5-2-1-3-7-4-5;1-2;1-3-2/h3-10,13-14,21H,11-12H2,1-2H3;5H,1-4H2;1-2H;1H3/t13-,14+;;;/m1.../s1. The van der Waals surface area contributed by atoms with E-state index in [2.05, 4.69) is 32.7 Å². The second kappa shape index (κ2) is 15.5. The van der Waals surface area contributed by atoms with Crippen LogP contribution in [0.2, 0.25) is 0 Å². The van der Waals surface area contributed by atoms with Crippen LogP contribution in [-0.4, -0.2) is 64.7 Å². The second-order valence-electron chi connectivity index (χ2n) is 10.4. The Kier molecular flexibility index (Phi) is 11.6. The summed E-state index contributed by atoms with van der Waals surface area (Å²) in [6, 6.07) is 15.6. The molecule has 2 fully saturated rings. The normalized spacial score (nSPS) is 19.4. The SMILES string of the molecule is C#C.COF.C[C@@H]1C[C@H](Oc2nc3ccccc3n2C)CN1c1nc(C(F)F)nc2c1oc1ccccc12.FC1CCCOC1. The highest BCUT2D eigenvalue weighted by atomic mass is 19.3. The maximum Gasteiger partial charge on any atom is 0.297 e. The van der Waals surface area contributed by atoms with Crippen molar-refractivity contribution in [3.05, 3.63) is 54.4 Å². The molecule has 13 heteroatoms. The van der Waals surface area contributed by atoms with Gasteiger partial charge in [0, 0.05) is 31.5 Å². The summed E-state index contributed by atoms with van der Waals surface area (Å²) in [6.45, 7) is 3.56. The Labute approximate surface area is 258 Å². The van der Waals surface area contributed by atoms with Crippen LogP contribution in [0, 0.1) is 12.8 Å². The van der Waals surface area contributed by atoms with Gasteiger partial charge in [0.15, 0.2) is 17.2 Å². The third-order valence-electron chi connectivity index (χ3n) is 7.35. The number of rotatable bonds is 4. The maximum absolute atomic E-state index is 13.7. The number of imidazole rings is 1. The molecular weight excluding hydrogens is 594 g/mol. The highest BCUT2D eigenvalue weighted by molar-refractivity contribution is 6.05. The summed E-state index contributed by atoms with van der Waals surface area (Å²) in [5.41, 5.74) is 3.25. The largest absolute Gasteiger partial charge is 0.459 e. The number of furan rings is 1. The Morgan fingerprint density at radius 1 is 1.04 bits per heavy atom. The van der Waals surface area contributed by atoms with E-state index in [9.17, 15) is 17.7 Å². The van der Waals surface area contributed by atoms with Gasteiger partial charge in [0.25, 0.3) is 12.4 Å². The molecule has 1 unspecified atom stereocenters. The minimum Gasteiger partial charge on any atom is -0.459 e. The van der Waals surface area contributed by atoms with Crippen LogP contribution in [0.5, 0.6) is 6.01 Å². The molecule has 3 aromatic heterocycles. The molecule has 0 saturated carbocycles. The van der Waals surface area contributed by atoms with Gasteiger partial charge in [0.2, 0.25) is 0 Å². The Morgan fingerprint density at radius 2 is 1.76 bits per heavy atom. The summed E-state index contributed by atoms with van der Waals surface area (Å²) in [5.74, 6) is -0.133. The molecule has 0 spiro atoms. The van der Waals surface area contributed by atoms with Crippen LogP contribution in [-0.2, 0) is 16.7 Å². The van der Waals surface area contributed by atoms with Gasteiger partial charge in [-0.25, -0.2) is 23.1 Å². The zero-order chi connectivity index (χ0) is 32.5. The number of nitrogens with zero attached hydrogens (tertiary/aromatic N) is 5. The molecule has 2 aromatic carbocycles. The molecule has 0 bridgehead atoms. The van der Waals surface area contributed by atoms with Gasteiger partial charge in [0.05, 0.1) is 31.3 Å². The first-order chi connectivity index (χ1) is 21.8. The maximum atomic E-state index is 13.7. The van der Waals surface area contributed by atoms with Gasteiger partial charge in [-0.15, -0.1) is 12.8 Å². The van der Waals surface area contributed by atoms with E-state index in [0.717, 1.165) is 31.2 Å². The summed E-state index contributed by atoms with van der Waals surface area (Å²) < 4.78 is 68.2. The molecule has 0 aliphatic carbocycles.